The van der Waals surface area contributed by atoms with Gasteiger partial charge in [-0.25, -0.2) is 0 Å². The molecule has 9 nitrogen and oxygen atoms in total. The van der Waals surface area contributed by atoms with Gasteiger partial charge in [-0.3, -0.25) is 4.79 Å². The molecule has 0 aromatic heterocycles. The van der Waals surface area contributed by atoms with Gasteiger partial charge in [-0.2, -0.15) is 0 Å². The van der Waals surface area contributed by atoms with E-state index in [1.807, 2.05) is 0 Å². The summed E-state index contributed by atoms with van der Waals surface area (Å²) in [5, 5.41) is 55.0. The van der Waals surface area contributed by atoms with Crippen molar-refractivity contribution in [1.29, 1.82) is 0 Å². The highest BCUT2D eigenvalue weighted by Crippen LogP contribution is 2.24. The molecule has 1 amide bonds. The molecule has 1 fully saturated rings. The number of aliphatic hydroxyl groups excluding tert-OH is 5. The first-order valence-electron chi connectivity index (χ1n) is 38.7. The quantitative estimate of drug-likeness (QED) is 0.0330. The Morgan fingerprint density at radius 1 is 0.353 bits per heavy atom. The maximum absolute atomic E-state index is 13.2. The second kappa shape index (κ2) is 66.1. The Kier molecular flexibility index (Phi) is 63.9. The molecule has 0 aromatic carbocycles. The van der Waals surface area contributed by atoms with Crippen molar-refractivity contribution in [2.24, 2.45) is 0 Å². The summed E-state index contributed by atoms with van der Waals surface area (Å²) >= 11 is 0. The molecule has 0 radical (unpaired) electrons. The molecular weight excluding hydrogens is 1050 g/mol. The van der Waals surface area contributed by atoms with E-state index in [0.29, 0.717) is 12.8 Å². The van der Waals surface area contributed by atoms with E-state index in [4.69, 9.17) is 9.47 Å². The van der Waals surface area contributed by atoms with Gasteiger partial charge in [0.15, 0.2) is 6.29 Å². The third kappa shape index (κ3) is 54.6. The number of carbonyl (C=O) groups is 1. The zero-order valence-electron chi connectivity index (χ0n) is 57.2. The SMILES string of the molecule is CCCCCCCCCCCCCCCCCCCCCCCCCCCCCCCCCCCCCCCCCCC(=O)NC(COC1OC(CO)C(O)C(O)C1O)C(O)CCCCCCCCCCCCCCCCCCCCCCCC. The third-order valence-corrected chi connectivity index (χ3v) is 19.2. The van der Waals surface area contributed by atoms with Crippen molar-refractivity contribution in [1.82, 2.24) is 5.32 Å². The Morgan fingerprint density at radius 2 is 0.588 bits per heavy atom. The molecule has 1 aliphatic heterocycles. The zero-order chi connectivity index (χ0) is 61.4. The van der Waals surface area contributed by atoms with Gasteiger partial charge >= 0.3 is 0 Å². The molecule has 7 atom stereocenters. The van der Waals surface area contributed by atoms with Crippen LogP contribution in [0.15, 0.2) is 0 Å². The predicted molar refractivity (Wildman–Crippen MR) is 364 cm³/mol. The number of hydrogen-bond donors (Lipinski definition) is 6. The van der Waals surface area contributed by atoms with Crippen molar-refractivity contribution in [2.75, 3.05) is 13.2 Å². The van der Waals surface area contributed by atoms with E-state index in [-0.39, 0.29) is 12.5 Å². The molecule has 85 heavy (non-hydrogen) atoms. The maximum atomic E-state index is 13.2. The van der Waals surface area contributed by atoms with Gasteiger partial charge in [-0.1, -0.05) is 406 Å². The first-order chi connectivity index (χ1) is 41.8. The minimum atomic E-state index is -1.55. The molecule has 6 N–H and O–H groups in total. The molecule has 7 unspecified atom stereocenters. The van der Waals surface area contributed by atoms with Crippen LogP contribution in [0.2, 0.25) is 0 Å². The average molecular weight is 1210 g/mol. The van der Waals surface area contributed by atoms with E-state index in [1.165, 1.54) is 360 Å². The van der Waals surface area contributed by atoms with Gasteiger partial charge in [0.1, 0.15) is 24.4 Å². The predicted octanol–water partition coefficient (Wildman–Crippen LogP) is 21.7. The number of rotatable bonds is 70. The fourth-order valence-corrected chi connectivity index (χ4v) is 13.2. The molecule has 0 aromatic rings. The second-order valence-electron chi connectivity index (χ2n) is 27.5. The van der Waals surface area contributed by atoms with Crippen LogP contribution in [0.3, 0.4) is 0 Å². The van der Waals surface area contributed by atoms with Gasteiger partial charge in [-0.15, -0.1) is 0 Å². The molecule has 1 heterocycles. The van der Waals surface area contributed by atoms with Crippen molar-refractivity contribution < 1.29 is 39.8 Å². The summed E-state index contributed by atoms with van der Waals surface area (Å²) in [4.78, 5) is 13.2. The van der Waals surface area contributed by atoms with Gasteiger partial charge in [0, 0.05) is 6.42 Å². The Morgan fingerprint density at radius 3 is 0.835 bits per heavy atom. The van der Waals surface area contributed by atoms with E-state index in [2.05, 4.69) is 19.2 Å². The lowest BCUT2D eigenvalue weighted by Gasteiger charge is -2.40. The number of amides is 1. The first kappa shape index (κ1) is 82.2. The smallest absolute Gasteiger partial charge is 0.220 e. The van der Waals surface area contributed by atoms with Gasteiger partial charge in [0.2, 0.25) is 5.91 Å². The highest BCUT2D eigenvalue weighted by atomic mass is 16.7. The molecule has 1 saturated heterocycles. The van der Waals surface area contributed by atoms with E-state index < -0.39 is 49.5 Å². The Labute approximate surface area is 529 Å². The normalized spacial score (nSPS) is 17.9. The molecule has 9 heteroatoms. The molecule has 1 rings (SSSR count). The number of unbranched alkanes of at least 4 members (excludes halogenated alkanes) is 60. The summed E-state index contributed by atoms with van der Waals surface area (Å²) in [6, 6.07) is -0.715. The highest BCUT2D eigenvalue weighted by molar-refractivity contribution is 5.76. The number of ether oxygens (including phenoxy) is 2. The maximum Gasteiger partial charge on any atom is 0.220 e. The van der Waals surface area contributed by atoms with Crippen molar-refractivity contribution >= 4 is 5.91 Å². The standard InChI is InChI=1S/C76H151NO8/c1-3-5-7-9-11-13-15-17-19-21-23-25-27-28-29-30-31-32-33-34-35-36-37-38-39-40-41-42-43-44-46-48-50-52-54-56-58-60-62-64-66-72(80)77-69(68-84-76-75(83)74(82)73(81)71(67-78)85-76)70(79)65-63-61-59-57-55-53-51-49-47-45-26-24-22-20-18-16-14-12-10-8-6-4-2/h69-71,73-76,78-79,81-83H,3-68H2,1-2H3,(H,77,80). The molecule has 0 bridgehead atoms. The van der Waals surface area contributed by atoms with E-state index in [0.717, 1.165) is 38.5 Å². The Balaban J connectivity index is 2.01. The van der Waals surface area contributed by atoms with E-state index in [1.54, 1.807) is 0 Å². The fraction of sp³-hybridized carbons (Fsp3) is 0.987. The van der Waals surface area contributed by atoms with Crippen LogP contribution in [0, 0.1) is 0 Å². The van der Waals surface area contributed by atoms with Gasteiger partial charge in [-0.05, 0) is 12.8 Å². The zero-order valence-corrected chi connectivity index (χ0v) is 57.2. The summed E-state index contributed by atoms with van der Waals surface area (Å²) in [7, 11) is 0. The van der Waals surface area contributed by atoms with Gasteiger partial charge < -0.3 is 40.3 Å². The van der Waals surface area contributed by atoms with Crippen molar-refractivity contribution in [3.63, 3.8) is 0 Å². The number of carbonyl (C=O) groups excluding carboxylic acids is 1. The lowest BCUT2D eigenvalue weighted by atomic mass is 9.99. The Hall–Kier alpha value is -0.810. The largest absolute Gasteiger partial charge is 0.394 e. The van der Waals surface area contributed by atoms with Crippen LogP contribution in [-0.2, 0) is 14.3 Å². The van der Waals surface area contributed by atoms with Gasteiger partial charge in [0.05, 0.1) is 25.4 Å². The molecular formula is C76H151NO8. The van der Waals surface area contributed by atoms with Gasteiger partial charge in [0.25, 0.3) is 0 Å². The number of nitrogens with one attached hydrogen (secondary N) is 1. The molecule has 0 saturated carbocycles. The molecule has 0 spiro atoms. The van der Waals surface area contributed by atoms with Crippen LogP contribution in [0.5, 0.6) is 0 Å². The summed E-state index contributed by atoms with van der Waals surface area (Å²) in [5.41, 5.74) is 0. The van der Waals surface area contributed by atoms with E-state index >= 15 is 0 Å². The van der Waals surface area contributed by atoms with Crippen molar-refractivity contribution in [2.45, 2.75) is 468 Å². The summed E-state index contributed by atoms with van der Waals surface area (Å²) in [5.74, 6) is -0.132. The fourth-order valence-electron chi connectivity index (χ4n) is 13.2. The first-order valence-corrected chi connectivity index (χ1v) is 38.7. The van der Waals surface area contributed by atoms with E-state index in [9.17, 15) is 30.3 Å². The minimum absolute atomic E-state index is 0.130. The minimum Gasteiger partial charge on any atom is -0.394 e. The molecule has 1 aliphatic rings. The van der Waals surface area contributed by atoms with Crippen LogP contribution in [0.1, 0.15) is 425 Å². The lowest BCUT2D eigenvalue weighted by Crippen LogP contribution is -2.60. The van der Waals surface area contributed by atoms with Crippen molar-refractivity contribution in [3.8, 4) is 0 Å². The number of aliphatic hydroxyl groups is 5. The Bertz CT molecular complexity index is 1300. The van der Waals surface area contributed by atoms with Crippen LogP contribution in [-0.4, -0.2) is 87.5 Å². The van der Waals surface area contributed by atoms with Crippen LogP contribution in [0.4, 0.5) is 0 Å². The summed E-state index contributed by atoms with van der Waals surface area (Å²) < 4.78 is 11.4. The van der Waals surface area contributed by atoms with Crippen molar-refractivity contribution in [3.05, 3.63) is 0 Å². The topological polar surface area (TPSA) is 149 Å². The van der Waals surface area contributed by atoms with Crippen LogP contribution in [0.25, 0.3) is 0 Å². The molecule has 0 aliphatic carbocycles. The third-order valence-electron chi connectivity index (χ3n) is 19.2. The summed E-state index contributed by atoms with van der Waals surface area (Å²) in [6.07, 6.45) is 77.9. The second-order valence-corrected chi connectivity index (χ2v) is 27.5. The van der Waals surface area contributed by atoms with Crippen LogP contribution >= 0.6 is 0 Å². The monoisotopic (exact) mass is 1210 g/mol. The average Bonchev–Trinajstić information content (AvgIpc) is 3.55. The highest BCUT2D eigenvalue weighted by Gasteiger charge is 2.44. The van der Waals surface area contributed by atoms with Crippen LogP contribution < -0.4 is 5.32 Å². The number of hydrogen-bond acceptors (Lipinski definition) is 8. The lowest BCUT2D eigenvalue weighted by molar-refractivity contribution is -0.302. The summed E-state index contributed by atoms with van der Waals surface area (Å²) in [6.45, 7) is 3.91. The molecule has 508 valence electrons.